The number of nitrogens with one attached hydrogen (secondary N) is 2. The summed E-state index contributed by atoms with van der Waals surface area (Å²) in [5.74, 6) is 1.15. The number of rotatable bonds is 5. The van der Waals surface area contributed by atoms with Gasteiger partial charge in [-0.25, -0.2) is 14.8 Å². The van der Waals surface area contributed by atoms with Gasteiger partial charge in [0.15, 0.2) is 9.99 Å². The fourth-order valence-corrected chi connectivity index (χ4v) is 5.48. The molecule has 0 aliphatic heterocycles. The van der Waals surface area contributed by atoms with E-state index in [0.29, 0.717) is 28.5 Å². The van der Waals surface area contributed by atoms with Crippen LogP contribution in [0.3, 0.4) is 0 Å². The van der Waals surface area contributed by atoms with Crippen molar-refractivity contribution in [3.63, 3.8) is 0 Å². The van der Waals surface area contributed by atoms with Crippen molar-refractivity contribution in [3.8, 4) is 0 Å². The molecule has 0 radical (unpaired) electrons. The second-order valence-electron chi connectivity index (χ2n) is 7.93. The molecule has 2 aromatic carbocycles. The van der Waals surface area contributed by atoms with Crippen LogP contribution in [0.1, 0.15) is 22.6 Å². The molecule has 0 aliphatic carbocycles. The number of aryl methyl sites for hydroxylation is 3. The van der Waals surface area contributed by atoms with Crippen molar-refractivity contribution in [3.05, 3.63) is 81.5 Å². The molecule has 0 fully saturated rings. The highest BCUT2D eigenvalue weighted by Crippen LogP contribution is 2.32. The van der Waals surface area contributed by atoms with Gasteiger partial charge in [0.1, 0.15) is 5.76 Å². The number of carbonyl (C=O) groups is 1. The summed E-state index contributed by atoms with van der Waals surface area (Å²) in [6.45, 7) is 5.72. The molecule has 5 aromatic rings. The van der Waals surface area contributed by atoms with Crippen LogP contribution in [0.15, 0.2) is 62.2 Å². The Kier molecular flexibility index (Phi) is 5.84. The van der Waals surface area contributed by atoms with Crippen LogP contribution in [0.25, 0.3) is 15.9 Å². The van der Waals surface area contributed by atoms with Gasteiger partial charge in [-0.15, -0.1) is 15.9 Å². The van der Waals surface area contributed by atoms with Crippen LogP contribution in [-0.4, -0.2) is 20.6 Å². The molecule has 34 heavy (non-hydrogen) atoms. The summed E-state index contributed by atoms with van der Waals surface area (Å²) in [6.07, 6.45) is 0. The van der Waals surface area contributed by atoms with Crippen molar-refractivity contribution >= 4 is 56.4 Å². The van der Waals surface area contributed by atoms with Gasteiger partial charge in [0.25, 0.3) is 5.56 Å². The van der Waals surface area contributed by atoms with Crippen molar-refractivity contribution in [2.45, 2.75) is 30.9 Å². The van der Waals surface area contributed by atoms with Crippen molar-refractivity contribution < 1.29 is 9.32 Å². The highest BCUT2D eigenvalue weighted by molar-refractivity contribution is 8.00. The molecule has 0 spiro atoms. The molecule has 0 atom stereocenters. The van der Waals surface area contributed by atoms with Crippen LogP contribution in [-0.2, 0) is 5.75 Å². The van der Waals surface area contributed by atoms with Crippen molar-refractivity contribution in [2.24, 2.45) is 0 Å². The summed E-state index contributed by atoms with van der Waals surface area (Å²) in [5, 5.41) is 5.79. The van der Waals surface area contributed by atoms with Crippen LogP contribution >= 0.6 is 23.1 Å². The molecular weight excluding hydrogens is 470 g/mol. The smallest absolute Gasteiger partial charge is 0.323 e. The summed E-state index contributed by atoms with van der Waals surface area (Å²) >= 11 is 3.04. The molecule has 0 saturated carbocycles. The Hall–Kier alpha value is -3.63. The number of thiazole rings is 1. The molecule has 8 nitrogen and oxygen atoms in total. The van der Waals surface area contributed by atoms with Gasteiger partial charge in [0.05, 0.1) is 15.9 Å². The lowest BCUT2D eigenvalue weighted by atomic mass is 10.1. The van der Waals surface area contributed by atoms with Gasteiger partial charge < -0.3 is 15.2 Å². The molecular formula is C24H21N5O3S2. The molecule has 0 bridgehead atoms. The molecule has 5 rings (SSSR count). The molecule has 10 heteroatoms. The average molecular weight is 492 g/mol. The van der Waals surface area contributed by atoms with Crippen LogP contribution in [0, 0.1) is 20.8 Å². The highest BCUT2D eigenvalue weighted by atomic mass is 32.2. The maximum absolute atomic E-state index is 12.5. The van der Waals surface area contributed by atoms with E-state index in [0.717, 1.165) is 31.4 Å². The molecule has 2 amide bonds. The Bertz CT molecular complexity index is 1600. The lowest BCUT2D eigenvalue weighted by Crippen LogP contribution is -2.19. The van der Waals surface area contributed by atoms with Gasteiger partial charge in [-0.2, -0.15) is 0 Å². The minimum atomic E-state index is -0.297. The monoisotopic (exact) mass is 491 g/mol. The number of hydrogen-bond donors (Lipinski definition) is 2. The zero-order valence-electron chi connectivity index (χ0n) is 18.7. The predicted octanol–water partition coefficient (Wildman–Crippen LogP) is 5.76. The minimum absolute atomic E-state index is 0.243. The number of hydrogen-bond acceptors (Lipinski definition) is 7. The first kappa shape index (κ1) is 22.2. The van der Waals surface area contributed by atoms with Crippen LogP contribution in [0.4, 0.5) is 16.2 Å². The summed E-state index contributed by atoms with van der Waals surface area (Å²) in [7, 11) is 0. The number of carbonyl (C=O) groups excluding carboxylic acids is 1. The predicted molar refractivity (Wildman–Crippen MR) is 136 cm³/mol. The first-order valence-electron chi connectivity index (χ1n) is 10.5. The summed E-state index contributed by atoms with van der Waals surface area (Å²) in [4.78, 5) is 33.8. The van der Waals surface area contributed by atoms with E-state index in [-0.39, 0.29) is 11.6 Å². The lowest BCUT2D eigenvalue weighted by molar-refractivity contribution is 0.262. The Balaban J connectivity index is 1.27. The zero-order chi connectivity index (χ0) is 23.8. The van der Waals surface area contributed by atoms with E-state index >= 15 is 0 Å². The summed E-state index contributed by atoms with van der Waals surface area (Å²) in [6, 6.07) is 14.5. The first-order chi connectivity index (χ1) is 16.3. The average Bonchev–Trinajstić information content (AvgIpc) is 3.37. The molecule has 3 heterocycles. The number of anilines is 2. The van der Waals surface area contributed by atoms with Crippen LogP contribution < -0.4 is 16.2 Å². The SMILES string of the molecule is Cc1ccc(C)c(NC(=O)Nc2ccc3nc(SCc4cc(=O)n5oc(C)cc5n4)sc3c2)c1. The van der Waals surface area contributed by atoms with E-state index in [1.165, 1.54) is 33.7 Å². The largest absolute Gasteiger partial charge is 0.375 e. The number of fused-ring (bicyclic) bond motifs is 2. The quantitative estimate of drug-likeness (QED) is 0.303. The third-order valence-electron chi connectivity index (χ3n) is 5.14. The van der Waals surface area contributed by atoms with Gasteiger partial charge >= 0.3 is 6.03 Å². The normalized spacial score (nSPS) is 11.3. The van der Waals surface area contributed by atoms with Crippen molar-refractivity contribution in [1.82, 2.24) is 14.5 Å². The Morgan fingerprint density at radius 3 is 2.76 bits per heavy atom. The Morgan fingerprint density at radius 2 is 1.91 bits per heavy atom. The second-order valence-corrected chi connectivity index (χ2v) is 10.2. The molecule has 0 aliphatic rings. The van der Waals surface area contributed by atoms with E-state index in [9.17, 15) is 9.59 Å². The van der Waals surface area contributed by atoms with E-state index in [1.54, 1.807) is 13.0 Å². The van der Waals surface area contributed by atoms with Gasteiger partial charge in [-0.05, 0) is 56.2 Å². The molecule has 0 saturated heterocycles. The van der Waals surface area contributed by atoms with E-state index < -0.39 is 0 Å². The topological polar surface area (TPSA) is 102 Å². The summed E-state index contributed by atoms with van der Waals surface area (Å²) < 4.78 is 8.33. The number of amides is 2. The fourth-order valence-electron chi connectivity index (χ4n) is 3.48. The zero-order valence-corrected chi connectivity index (χ0v) is 20.3. The molecule has 172 valence electrons. The van der Waals surface area contributed by atoms with Crippen LogP contribution in [0.5, 0.6) is 0 Å². The second kappa shape index (κ2) is 8.96. The van der Waals surface area contributed by atoms with E-state index in [1.807, 2.05) is 50.2 Å². The maximum Gasteiger partial charge on any atom is 0.323 e. The van der Waals surface area contributed by atoms with Gasteiger partial charge in [0, 0.05) is 29.3 Å². The van der Waals surface area contributed by atoms with Crippen LogP contribution in [0.2, 0.25) is 0 Å². The van der Waals surface area contributed by atoms with E-state index in [2.05, 4.69) is 20.6 Å². The number of nitrogens with zero attached hydrogens (tertiary/aromatic N) is 3. The molecule has 2 N–H and O–H groups in total. The minimum Gasteiger partial charge on any atom is -0.375 e. The Labute approximate surface area is 203 Å². The van der Waals surface area contributed by atoms with Crippen molar-refractivity contribution in [1.29, 1.82) is 0 Å². The third kappa shape index (κ3) is 4.68. The number of benzene rings is 2. The molecule has 3 aromatic heterocycles. The first-order valence-corrected chi connectivity index (χ1v) is 12.3. The lowest BCUT2D eigenvalue weighted by Gasteiger charge is -2.10. The summed E-state index contributed by atoms with van der Waals surface area (Å²) in [5.41, 5.74) is 5.32. The van der Waals surface area contributed by atoms with Gasteiger partial charge in [0.2, 0.25) is 0 Å². The van der Waals surface area contributed by atoms with Gasteiger partial charge in [-0.1, -0.05) is 23.9 Å². The Morgan fingerprint density at radius 1 is 1.06 bits per heavy atom. The number of thioether (sulfide) groups is 1. The van der Waals surface area contributed by atoms with Crippen molar-refractivity contribution in [2.75, 3.05) is 10.6 Å². The highest BCUT2D eigenvalue weighted by Gasteiger charge is 2.11. The maximum atomic E-state index is 12.5. The third-order valence-corrected chi connectivity index (χ3v) is 7.33. The standard InChI is InChI=1S/C24H21N5O3S2/c1-13-4-5-14(2)19(8-13)27-23(31)26-16-6-7-18-20(10-16)34-24(28-18)33-12-17-11-22(30)29-21(25-17)9-15(3)32-29/h4-11H,12H2,1-3H3,(H2,26,27,31). The number of urea groups is 1. The van der Waals surface area contributed by atoms with Gasteiger partial charge in [-0.3, -0.25) is 4.79 Å². The fraction of sp³-hybridized carbons (Fsp3) is 0.167. The number of aromatic nitrogens is 3. The van der Waals surface area contributed by atoms with E-state index in [4.69, 9.17) is 4.52 Å². The molecule has 0 unspecified atom stereocenters.